The number of nitrogens with one attached hydrogen (secondary N) is 2. The summed E-state index contributed by atoms with van der Waals surface area (Å²) in [5, 5.41) is 7.00. The summed E-state index contributed by atoms with van der Waals surface area (Å²) < 4.78 is 0. The van der Waals surface area contributed by atoms with Gasteiger partial charge in [0.2, 0.25) is 0 Å². The summed E-state index contributed by atoms with van der Waals surface area (Å²) in [7, 11) is 4.19. The number of hydrogen-bond acceptors (Lipinski definition) is 2. The molecule has 0 spiro atoms. The molecule has 0 unspecified atom stereocenters. The molecule has 1 aromatic rings. The molecule has 0 heterocycles. The van der Waals surface area contributed by atoms with Crippen LogP contribution in [-0.4, -0.2) is 37.5 Å². The van der Waals surface area contributed by atoms with Crippen molar-refractivity contribution in [1.82, 2.24) is 15.5 Å². The highest BCUT2D eigenvalue weighted by Gasteiger charge is 2.18. The minimum Gasteiger partial charge on any atom is -0.357 e. The molecule has 1 aliphatic rings. The highest BCUT2D eigenvalue weighted by Crippen LogP contribution is 2.23. The summed E-state index contributed by atoms with van der Waals surface area (Å²) in [6, 6.07) is 9.35. The number of aliphatic imine (C=N–C) groups is 1. The molecule has 1 saturated carbocycles. The third-order valence-corrected chi connectivity index (χ3v) is 4.64. The predicted molar refractivity (Wildman–Crippen MR) is 119 cm³/mol. The molecule has 1 fully saturated rings. The summed E-state index contributed by atoms with van der Waals surface area (Å²) in [4.78, 5) is 6.96. The number of guanidine groups is 1. The van der Waals surface area contributed by atoms with Gasteiger partial charge in [-0.05, 0) is 63.7 Å². The second kappa shape index (κ2) is 11.7. The highest BCUT2D eigenvalue weighted by molar-refractivity contribution is 14.0. The van der Waals surface area contributed by atoms with Crippen LogP contribution in [0.3, 0.4) is 0 Å². The first-order valence-corrected chi connectivity index (χ1v) is 9.34. The molecule has 0 amide bonds. The lowest BCUT2D eigenvalue weighted by Gasteiger charge is -2.28. The molecule has 0 bridgehead atoms. The predicted octanol–water partition coefficient (Wildman–Crippen LogP) is 4.00. The van der Waals surface area contributed by atoms with Crippen LogP contribution >= 0.6 is 24.0 Å². The van der Waals surface area contributed by atoms with Crippen molar-refractivity contribution in [1.29, 1.82) is 0 Å². The average Bonchev–Trinajstić information content (AvgIpc) is 2.56. The average molecular weight is 458 g/mol. The Morgan fingerprint density at radius 3 is 2.24 bits per heavy atom. The van der Waals surface area contributed by atoms with Crippen molar-refractivity contribution in [2.75, 3.05) is 20.6 Å². The number of benzene rings is 1. The molecule has 25 heavy (non-hydrogen) atoms. The van der Waals surface area contributed by atoms with Crippen molar-refractivity contribution in [3.05, 3.63) is 35.4 Å². The van der Waals surface area contributed by atoms with Crippen LogP contribution in [0.25, 0.3) is 0 Å². The van der Waals surface area contributed by atoms with Gasteiger partial charge >= 0.3 is 0 Å². The number of nitrogens with zero attached hydrogens (tertiary/aromatic N) is 2. The van der Waals surface area contributed by atoms with Crippen LogP contribution < -0.4 is 10.6 Å². The Labute approximate surface area is 170 Å². The van der Waals surface area contributed by atoms with E-state index >= 15 is 0 Å². The third kappa shape index (κ3) is 8.40. The van der Waals surface area contributed by atoms with Crippen molar-refractivity contribution in [3.63, 3.8) is 0 Å². The molecule has 0 aliphatic heterocycles. The first kappa shape index (κ1) is 22.2. The van der Waals surface area contributed by atoms with E-state index < -0.39 is 0 Å². The molecular formula is C20H35IN4. The normalized spacial score (nSPS) is 20.9. The summed E-state index contributed by atoms with van der Waals surface area (Å²) in [5.74, 6) is 1.83. The Hall–Kier alpha value is -0.820. The van der Waals surface area contributed by atoms with Gasteiger partial charge in [0, 0.05) is 19.1 Å². The van der Waals surface area contributed by atoms with Crippen molar-refractivity contribution >= 4 is 29.9 Å². The fourth-order valence-corrected chi connectivity index (χ4v) is 3.20. The van der Waals surface area contributed by atoms with Gasteiger partial charge in [0.1, 0.15) is 0 Å². The van der Waals surface area contributed by atoms with Crippen LogP contribution in [0.15, 0.2) is 29.3 Å². The Balaban J connectivity index is 0.00000312. The van der Waals surface area contributed by atoms with E-state index in [0.29, 0.717) is 6.04 Å². The van der Waals surface area contributed by atoms with E-state index in [1.165, 1.54) is 36.8 Å². The van der Waals surface area contributed by atoms with Gasteiger partial charge in [-0.3, -0.25) is 0 Å². The maximum absolute atomic E-state index is 4.77. The SMILES string of the molecule is CCNC(=NCc1ccc(CN(C)C)cc1)NC1CCC(C)CC1.I. The molecule has 0 radical (unpaired) electrons. The fraction of sp³-hybridized carbons (Fsp3) is 0.650. The standard InChI is InChI=1S/C20H34N4.HI/c1-5-21-20(23-19-12-6-16(2)7-13-19)22-14-17-8-10-18(11-9-17)15-24(3)4;/h8-11,16,19H,5-7,12-15H2,1-4H3,(H2,21,22,23);1H. The maximum Gasteiger partial charge on any atom is 0.191 e. The number of halogens is 1. The van der Waals surface area contributed by atoms with E-state index in [-0.39, 0.29) is 24.0 Å². The molecule has 1 aliphatic carbocycles. The third-order valence-electron chi connectivity index (χ3n) is 4.64. The van der Waals surface area contributed by atoms with E-state index in [2.05, 4.69) is 67.7 Å². The van der Waals surface area contributed by atoms with Crippen molar-refractivity contribution < 1.29 is 0 Å². The summed E-state index contributed by atoms with van der Waals surface area (Å²) in [5.41, 5.74) is 2.60. The van der Waals surface area contributed by atoms with E-state index in [0.717, 1.165) is 31.5 Å². The second-order valence-electron chi connectivity index (χ2n) is 7.35. The van der Waals surface area contributed by atoms with E-state index in [9.17, 15) is 0 Å². The second-order valence-corrected chi connectivity index (χ2v) is 7.35. The van der Waals surface area contributed by atoms with Crippen LogP contribution in [-0.2, 0) is 13.1 Å². The Kier molecular flexibility index (Phi) is 10.4. The molecule has 2 N–H and O–H groups in total. The molecule has 142 valence electrons. The lowest BCUT2D eigenvalue weighted by atomic mass is 9.87. The van der Waals surface area contributed by atoms with Crippen molar-refractivity contribution in [2.45, 2.75) is 58.7 Å². The smallest absolute Gasteiger partial charge is 0.191 e. The monoisotopic (exact) mass is 458 g/mol. The van der Waals surface area contributed by atoms with Gasteiger partial charge in [-0.1, -0.05) is 31.2 Å². The van der Waals surface area contributed by atoms with Gasteiger partial charge in [0.15, 0.2) is 5.96 Å². The van der Waals surface area contributed by atoms with E-state index in [1.807, 2.05) is 0 Å². The lowest BCUT2D eigenvalue weighted by molar-refractivity contribution is 0.329. The van der Waals surface area contributed by atoms with Gasteiger partial charge < -0.3 is 15.5 Å². The summed E-state index contributed by atoms with van der Waals surface area (Å²) >= 11 is 0. The maximum atomic E-state index is 4.77. The molecule has 2 rings (SSSR count). The van der Waals surface area contributed by atoms with Gasteiger partial charge in [0.05, 0.1) is 6.54 Å². The lowest BCUT2D eigenvalue weighted by Crippen LogP contribution is -2.44. The topological polar surface area (TPSA) is 39.7 Å². The Morgan fingerprint density at radius 1 is 1.08 bits per heavy atom. The van der Waals surface area contributed by atoms with Crippen LogP contribution in [0.1, 0.15) is 50.7 Å². The molecule has 4 nitrogen and oxygen atoms in total. The molecule has 5 heteroatoms. The molecule has 0 aromatic heterocycles. The first-order valence-electron chi connectivity index (χ1n) is 9.34. The number of rotatable bonds is 6. The number of hydrogen-bond donors (Lipinski definition) is 2. The van der Waals surface area contributed by atoms with E-state index in [4.69, 9.17) is 4.99 Å². The highest BCUT2D eigenvalue weighted by atomic mass is 127. The molecule has 0 saturated heterocycles. The van der Waals surface area contributed by atoms with Crippen molar-refractivity contribution in [3.8, 4) is 0 Å². The zero-order valence-corrected chi connectivity index (χ0v) is 18.5. The zero-order chi connectivity index (χ0) is 17.4. The van der Waals surface area contributed by atoms with Gasteiger partial charge in [-0.15, -0.1) is 24.0 Å². The van der Waals surface area contributed by atoms with Crippen LogP contribution in [0.5, 0.6) is 0 Å². The summed E-state index contributed by atoms with van der Waals surface area (Å²) in [6.07, 6.45) is 5.16. The molecular weight excluding hydrogens is 423 g/mol. The minimum atomic E-state index is 0. The summed E-state index contributed by atoms with van der Waals surface area (Å²) in [6.45, 7) is 7.08. The van der Waals surface area contributed by atoms with Crippen LogP contribution in [0.4, 0.5) is 0 Å². The zero-order valence-electron chi connectivity index (χ0n) is 16.2. The molecule has 0 atom stereocenters. The quantitative estimate of drug-likeness (QED) is 0.385. The van der Waals surface area contributed by atoms with Gasteiger partial charge in [-0.25, -0.2) is 4.99 Å². The largest absolute Gasteiger partial charge is 0.357 e. The molecule has 1 aromatic carbocycles. The van der Waals surface area contributed by atoms with Gasteiger partial charge in [0.25, 0.3) is 0 Å². The van der Waals surface area contributed by atoms with Crippen LogP contribution in [0, 0.1) is 5.92 Å². The van der Waals surface area contributed by atoms with Crippen LogP contribution in [0.2, 0.25) is 0 Å². The first-order chi connectivity index (χ1) is 11.6. The van der Waals surface area contributed by atoms with Gasteiger partial charge in [-0.2, -0.15) is 0 Å². The fourth-order valence-electron chi connectivity index (χ4n) is 3.20. The van der Waals surface area contributed by atoms with Crippen molar-refractivity contribution in [2.24, 2.45) is 10.9 Å². The minimum absolute atomic E-state index is 0. The Bertz CT molecular complexity index is 505. The van der Waals surface area contributed by atoms with E-state index in [1.54, 1.807) is 0 Å². The Morgan fingerprint density at radius 2 is 1.68 bits per heavy atom.